The van der Waals surface area contributed by atoms with Gasteiger partial charge in [-0.2, -0.15) is 5.26 Å². The summed E-state index contributed by atoms with van der Waals surface area (Å²) in [6, 6.07) is 13.4. The molecule has 0 aliphatic carbocycles. The van der Waals surface area contributed by atoms with Crippen LogP contribution in [0.3, 0.4) is 0 Å². The zero-order valence-electron chi connectivity index (χ0n) is 12.2. The van der Waals surface area contributed by atoms with Crippen molar-refractivity contribution in [3.63, 3.8) is 0 Å². The lowest BCUT2D eigenvalue weighted by atomic mass is 10.0. The molecule has 0 radical (unpaired) electrons. The van der Waals surface area contributed by atoms with Crippen LogP contribution < -0.4 is 10.0 Å². The van der Waals surface area contributed by atoms with Crippen LogP contribution in [0, 0.1) is 11.3 Å². The number of rotatable bonds is 3. The van der Waals surface area contributed by atoms with Gasteiger partial charge in [-0.05, 0) is 54.8 Å². The highest BCUT2D eigenvalue weighted by molar-refractivity contribution is 7.92. The van der Waals surface area contributed by atoms with Crippen molar-refractivity contribution < 1.29 is 8.42 Å². The van der Waals surface area contributed by atoms with E-state index in [4.69, 9.17) is 5.26 Å². The van der Waals surface area contributed by atoms with Crippen molar-refractivity contribution in [3.8, 4) is 6.07 Å². The first-order chi connectivity index (χ1) is 10.6. The Hall–Kier alpha value is -2.23. The minimum atomic E-state index is -3.69. The Morgan fingerprint density at radius 2 is 2.00 bits per heavy atom. The fourth-order valence-electron chi connectivity index (χ4n) is 2.49. The summed E-state index contributed by atoms with van der Waals surface area (Å²) in [5.41, 5.74) is 3.01. The molecule has 2 N–H and O–H groups in total. The average molecular weight is 350 g/mol. The third-order valence-electron chi connectivity index (χ3n) is 3.57. The molecule has 0 fully saturated rings. The van der Waals surface area contributed by atoms with E-state index >= 15 is 0 Å². The summed E-state index contributed by atoms with van der Waals surface area (Å²) in [5.74, 6) is 0. The lowest BCUT2D eigenvalue weighted by Gasteiger charge is -2.19. The molecule has 0 saturated carbocycles. The normalized spacial score (nSPS) is 13.0. The lowest BCUT2D eigenvalue weighted by molar-refractivity contribution is 0.601. The molecule has 3 rings (SSSR count). The number of nitriles is 1. The summed E-state index contributed by atoms with van der Waals surface area (Å²) < 4.78 is 27.4. The molecule has 0 unspecified atom stereocenters. The van der Waals surface area contributed by atoms with Crippen LogP contribution in [-0.4, -0.2) is 15.0 Å². The maximum Gasteiger partial charge on any atom is 0.261 e. The van der Waals surface area contributed by atoms with E-state index in [1.165, 1.54) is 12.1 Å². The number of fused-ring (bicyclic) bond motifs is 1. The van der Waals surface area contributed by atoms with Crippen LogP contribution in [0.5, 0.6) is 0 Å². The van der Waals surface area contributed by atoms with Crippen LogP contribution in [0.2, 0.25) is 0 Å². The second-order valence-electron chi connectivity index (χ2n) is 5.15. The van der Waals surface area contributed by atoms with Gasteiger partial charge in [-0.25, -0.2) is 8.42 Å². The maximum atomic E-state index is 12.4. The van der Waals surface area contributed by atoms with Crippen LogP contribution in [0.25, 0.3) is 0 Å². The molecule has 0 amide bonds. The van der Waals surface area contributed by atoms with E-state index in [1.807, 2.05) is 18.2 Å². The van der Waals surface area contributed by atoms with Crippen molar-refractivity contribution >= 4 is 33.8 Å². The predicted octanol–water partition coefficient (Wildman–Crippen LogP) is 3.14. The van der Waals surface area contributed by atoms with Gasteiger partial charge >= 0.3 is 0 Å². The predicted molar refractivity (Wildman–Crippen MR) is 92.5 cm³/mol. The molecule has 1 aliphatic heterocycles. The highest BCUT2D eigenvalue weighted by Crippen LogP contribution is 2.26. The van der Waals surface area contributed by atoms with E-state index in [0.717, 1.165) is 30.6 Å². The topological polar surface area (TPSA) is 82.0 Å². The second kappa shape index (κ2) is 6.90. The summed E-state index contributed by atoms with van der Waals surface area (Å²) >= 11 is 0. The van der Waals surface area contributed by atoms with Crippen LogP contribution >= 0.6 is 12.4 Å². The van der Waals surface area contributed by atoms with Crippen LogP contribution in [0.1, 0.15) is 17.5 Å². The average Bonchev–Trinajstić information content (AvgIpc) is 2.54. The number of anilines is 2. The number of nitrogens with zero attached hydrogens (tertiary/aromatic N) is 1. The molecule has 2 aromatic rings. The molecule has 5 nitrogen and oxygen atoms in total. The molecular formula is C16H16ClN3O2S. The van der Waals surface area contributed by atoms with Gasteiger partial charge < -0.3 is 5.32 Å². The van der Waals surface area contributed by atoms with E-state index in [9.17, 15) is 8.42 Å². The highest BCUT2D eigenvalue weighted by Gasteiger charge is 2.16. The smallest absolute Gasteiger partial charge is 0.261 e. The van der Waals surface area contributed by atoms with Crippen molar-refractivity contribution in [2.24, 2.45) is 0 Å². The lowest BCUT2D eigenvalue weighted by Crippen LogP contribution is -2.15. The van der Waals surface area contributed by atoms with Crippen molar-refractivity contribution in [2.75, 3.05) is 16.6 Å². The standard InChI is InChI=1S/C16H15N3O2S.ClH/c17-11-12-3-1-5-15(9-12)22(20,21)19-14-6-7-16-13(10-14)4-2-8-18-16;/h1,3,5-7,9-10,18-19H,2,4,8H2;1H. The minimum absolute atomic E-state index is 0. The number of benzene rings is 2. The fourth-order valence-corrected chi connectivity index (χ4v) is 3.58. The SMILES string of the molecule is Cl.N#Cc1cccc(S(=O)(=O)Nc2ccc3c(c2)CCCN3)c1. The van der Waals surface area contributed by atoms with Crippen molar-refractivity contribution in [1.29, 1.82) is 5.26 Å². The summed E-state index contributed by atoms with van der Waals surface area (Å²) in [6.07, 6.45) is 1.97. The van der Waals surface area contributed by atoms with Gasteiger partial charge in [0.15, 0.2) is 0 Å². The molecule has 1 heterocycles. The first kappa shape index (κ1) is 17.1. The quantitative estimate of drug-likeness (QED) is 0.891. The number of hydrogen-bond acceptors (Lipinski definition) is 4. The van der Waals surface area contributed by atoms with Gasteiger partial charge in [0.1, 0.15) is 0 Å². The highest BCUT2D eigenvalue weighted by atomic mass is 35.5. The first-order valence-electron chi connectivity index (χ1n) is 6.98. The summed E-state index contributed by atoms with van der Waals surface area (Å²) in [4.78, 5) is 0.0856. The summed E-state index contributed by atoms with van der Waals surface area (Å²) in [6.45, 7) is 0.943. The molecular weight excluding hydrogens is 334 g/mol. The summed E-state index contributed by atoms with van der Waals surface area (Å²) in [5, 5.41) is 12.2. The molecule has 0 spiro atoms. The molecule has 120 valence electrons. The largest absolute Gasteiger partial charge is 0.385 e. The Morgan fingerprint density at radius 1 is 1.17 bits per heavy atom. The molecule has 0 saturated heterocycles. The molecule has 1 aliphatic rings. The van der Waals surface area contributed by atoms with E-state index in [-0.39, 0.29) is 17.3 Å². The third kappa shape index (κ3) is 3.76. The monoisotopic (exact) mass is 349 g/mol. The fraction of sp³-hybridized carbons (Fsp3) is 0.188. The molecule has 23 heavy (non-hydrogen) atoms. The number of hydrogen-bond donors (Lipinski definition) is 2. The van der Waals surface area contributed by atoms with Gasteiger partial charge in [-0.1, -0.05) is 6.07 Å². The Morgan fingerprint density at radius 3 is 2.78 bits per heavy atom. The molecule has 0 aromatic heterocycles. The van der Waals surface area contributed by atoms with Crippen LogP contribution in [0.4, 0.5) is 11.4 Å². The number of nitrogens with one attached hydrogen (secondary N) is 2. The van der Waals surface area contributed by atoms with Gasteiger partial charge in [0.25, 0.3) is 10.0 Å². The Balaban J connectivity index is 0.00000192. The molecule has 0 bridgehead atoms. The Labute approximate surface area is 141 Å². The van der Waals surface area contributed by atoms with Gasteiger partial charge in [-0.15, -0.1) is 12.4 Å². The van der Waals surface area contributed by atoms with Gasteiger partial charge in [-0.3, -0.25) is 4.72 Å². The van der Waals surface area contributed by atoms with E-state index < -0.39 is 10.0 Å². The molecule has 2 aromatic carbocycles. The zero-order chi connectivity index (χ0) is 15.6. The Bertz CT molecular complexity index is 860. The van der Waals surface area contributed by atoms with E-state index in [1.54, 1.807) is 18.2 Å². The number of halogens is 1. The zero-order valence-corrected chi connectivity index (χ0v) is 13.9. The van der Waals surface area contributed by atoms with E-state index in [2.05, 4.69) is 10.0 Å². The number of sulfonamides is 1. The maximum absolute atomic E-state index is 12.4. The van der Waals surface area contributed by atoms with Crippen molar-refractivity contribution in [3.05, 3.63) is 53.6 Å². The Kier molecular flexibility index (Phi) is 5.14. The van der Waals surface area contributed by atoms with Gasteiger partial charge in [0.05, 0.1) is 16.5 Å². The van der Waals surface area contributed by atoms with Gasteiger partial charge in [0, 0.05) is 17.9 Å². The van der Waals surface area contributed by atoms with Crippen LogP contribution in [0.15, 0.2) is 47.4 Å². The number of aryl methyl sites for hydroxylation is 1. The van der Waals surface area contributed by atoms with E-state index in [0.29, 0.717) is 11.3 Å². The molecule has 0 atom stereocenters. The second-order valence-corrected chi connectivity index (χ2v) is 6.83. The van der Waals surface area contributed by atoms with Crippen LogP contribution in [-0.2, 0) is 16.4 Å². The van der Waals surface area contributed by atoms with Crippen molar-refractivity contribution in [2.45, 2.75) is 17.7 Å². The first-order valence-corrected chi connectivity index (χ1v) is 8.46. The molecule has 7 heteroatoms. The minimum Gasteiger partial charge on any atom is -0.385 e. The van der Waals surface area contributed by atoms with Crippen molar-refractivity contribution in [1.82, 2.24) is 0 Å². The summed E-state index contributed by atoms with van der Waals surface area (Å²) in [7, 11) is -3.69. The third-order valence-corrected chi connectivity index (χ3v) is 4.95. The van der Waals surface area contributed by atoms with Gasteiger partial charge in [0.2, 0.25) is 0 Å².